The molecular formula is C13H11F3N2O3S. The fourth-order valence-electron chi connectivity index (χ4n) is 1.53. The van der Waals surface area contributed by atoms with Crippen LogP contribution < -0.4 is 10.6 Å². The van der Waals surface area contributed by atoms with Crippen molar-refractivity contribution in [3.8, 4) is 10.6 Å². The SMILES string of the molecule is O=C(NCc1ccc(-c2cccs2)o1)C(=O)NCC(F)(F)F. The average molecular weight is 332 g/mol. The summed E-state index contributed by atoms with van der Waals surface area (Å²) >= 11 is 1.48. The number of rotatable bonds is 4. The van der Waals surface area contributed by atoms with Gasteiger partial charge in [0.1, 0.15) is 18.1 Å². The Kier molecular flexibility index (Phi) is 4.86. The first kappa shape index (κ1) is 16.1. The number of furan rings is 1. The minimum atomic E-state index is -4.56. The van der Waals surface area contributed by atoms with Crippen molar-refractivity contribution in [2.45, 2.75) is 12.7 Å². The summed E-state index contributed by atoms with van der Waals surface area (Å²) in [7, 11) is 0. The number of alkyl halides is 3. The lowest BCUT2D eigenvalue weighted by Gasteiger charge is -2.07. The zero-order valence-electron chi connectivity index (χ0n) is 11.1. The summed E-state index contributed by atoms with van der Waals surface area (Å²) in [6.45, 7) is -1.65. The van der Waals surface area contributed by atoms with Crippen molar-refractivity contribution in [3.63, 3.8) is 0 Å². The monoisotopic (exact) mass is 332 g/mol. The summed E-state index contributed by atoms with van der Waals surface area (Å²) < 4.78 is 41.2. The fraction of sp³-hybridized carbons (Fsp3) is 0.231. The largest absolute Gasteiger partial charge is 0.458 e. The number of hydrogen-bond acceptors (Lipinski definition) is 4. The maximum absolute atomic E-state index is 11.9. The Morgan fingerprint density at radius 1 is 1.14 bits per heavy atom. The number of nitrogens with one attached hydrogen (secondary N) is 2. The second-order valence-electron chi connectivity index (χ2n) is 4.22. The summed E-state index contributed by atoms with van der Waals surface area (Å²) in [5.74, 6) is -1.50. The molecule has 0 saturated carbocycles. The highest BCUT2D eigenvalue weighted by atomic mass is 32.1. The maximum Gasteiger partial charge on any atom is 0.405 e. The second kappa shape index (κ2) is 6.65. The van der Waals surface area contributed by atoms with Crippen molar-refractivity contribution in [3.05, 3.63) is 35.4 Å². The van der Waals surface area contributed by atoms with E-state index in [2.05, 4.69) is 5.32 Å². The molecular weight excluding hydrogens is 321 g/mol. The lowest BCUT2D eigenvalue weighted by molar-refractivity contribution is -0.146. The van der Waals surface area contributed by atoms with E-state index in [-0.39, 0.29) is 6.54 Å². The van der Waals surface area contributed by atoms with Gasteiger partial charge in [0.2, 0.25) is 0 Å². The molecule has 0 atom stereocenters. The minimum absolute atomic E-state index is 0.0936. The van der Waals surface area contributed by atoms with Gasteiger partial charge in [-0.05, 0) is 23.6 Å². The van der Waals surface area contributed by atoms with Crippen molar-refractivity contribution < 1.29 is 27.2 Å². The molecule has 5 nitrogen and oxygen atoms in total. The lowest BCUT2D eigenvalue weighted by atomic mass is 10.3. The normalized spacial score (nSPS) is 11.2. The first-order valence-electron chi connectivity index (χ1n) is 6.10. The first-order valence-corrected chi connectivity index (χ1v) is 6.98. The van der Waals surface area contributed by atoms with Crippen molar-refractivity contribution >= 4 is 23.2 Å². The van der Waals surface area contributed by atoms with Crippen LogP contribution in [0.5, 0.6) is 0 Å². The zero-order valence-corrected chi connectivity index (χ0v) is 11.9. The van der Waals surface area contributed by atoms with E-state index in [1.807, 2.05) is 17.5 Å². The van der Waals surface area contributed by atoms with Gasteiger partial charge in [-0.2, -0.15) is 13.2 Å². The maximum atomic E-state index is 11.9. The van der Waals surface area contributed by atoms with Crippen LogP contribution in [0.2, 0.25) is 0 Å². The number of carbonyl (C=O) groups excluding carboxylic acids is 2. The van der Waals surface area contributed by atoms with Crippen LogP contribution in [0.1, 0.15) is 5.76 Å². The average Bonchev–Trinajstić information content (AvgIpc) is 3.11. The van der Waals surface area contributed by atoms with Crippen LogP contribution in [-0.4, -0.2) is 24.5 Å². The van der Waals surface area contributed by atoms with E-state index < -0.39 is 24.5 Å². The van der Waals surface area contributed by atoms with Gasteiger partial charge >= 0.3 is 18.0 Å². The Labute approximate surface area is 127 Å². The highest BCUT2D eigenvalue weighted by molar-refractivity contribution is 7.13. The molecule has 2 aromatic rings. The number of halogens is 3. The van der Waals surface area contributed by atoms with E-state index in [0.717, 1.165) is 4.88 Å². The summed E-state index contributed by atoms with van der Waals surface area (Å²) in [6, 6.07) is 7.03. The molecule has 0 fully saturated rings. The number of thiophene rings is 1. The van der Waals surface area contributed by atoms with Gasteiger partial charge in [0.05, 0.1) is 11.4 Å². The highest BCUT2D eigenvalue weighted by Gasteiger charge is 2.29. The van der Waals surface area contributed by atoms with E-state index in [1.54, 1.807) is 12.1 Å². The van der Waals surface area contributed by atoms with Crippen LogP contribution in [0.25, 0.3) is 10.6 Å². The molecule has 0 aliphatic rings. The van der Waals surface area contributed by atoms with Crippen LogP contribution in [-0.2, 0) is 16.1 Å². The van der Waals surface area contributed by atoms with Crippen LogP contribution in [0.4, 0.5) is 13.2 Å². The second-order valence-corrected chi connectivity index (χ2v) is 5.17. The highest BCUT2D eigenvalue weighted by Crippen LogP contribution is 2.26. The molecule has 0 radical (unpaired) electrons. The Hall–Kier alpha value is -2.29. The van der Waals surface area contributed by atoms with E-state index in [9.17, 15) is 22.8 Å². The zero-order chi connectivity index (χ0) is 16.2. The van der Waals surface area contributed by atoms with Gasteiger partial charge in [0, 0.05) is 0 Å². The summed E-state index contributed by atoms with van der Waals surface area (Å²) in [6.07, 6.45) is -4.56. The third-order valence-corrected chi connectivity index (χ3v) is 3.39. The van der Waals surface area contributed by atoms with Gasteiger partial charge in [-0.15, -0.1) is 11.3 Å². The Balaban J connectivity index is 1.82. The predicted octanol–water partition coefficient (Wildman–Crippen LogP) is 2.30. The van der Waals surface area contributed by atoms with Gasteiger partial charge in [0.25, 0.3) is 0 Å². The van der Waals surface area contributed by atoms with Gasteiger partial charge in [-0.1, -0.05) is 6.07 Å². The van der Waals surface area contributed by atoms with E-state index in [1.165, 1.54) is 16.7 Å². The fourth-order valence-corrected chi connectivity index (χ4v) is 2.22. The first-order chi connectivity index (χ1) is 10.3. The molecule has 0 bridgehead atoms. The van der Waals surface area contributed by atoms with Crippen molar-refractivity contribution in [2.24, 2.45) is 0 Å². The Morgan fingerprint density at radius 2 is 1.86 bits per heavy atom. The molecule has 0 aromatic carbocycles. The number of amides is 2. The molecule has 0 unspecified atom stereocenters. The van der Waals surface area contributed by atoms with Crippen LogP contribution in [0.15, 0.2) is 34.1 Å². The number of hydrogen-bond donors (Lipinski definition) is 2. The molecule has 0 spiro atoms. The molecule has 118 valence electrons. The van der Waals surface area contributed by atoms with Crippen molar-refractivity contribution in [2.75, 3.05) is 6.54 Å². The molecule has 2 aromatic heterocycles. The smallest absolute Gasteiger partial charge is 0.405 e. The van der Waals surface area contributed by atoms with Crippen LogP contribution >= 0.6 is 11.3 Å². The molecule has 0 aliphatic carbocycles. The third-order valence-electron chi connectivity index (χ3n) is 2.50. The van der Waals surface area contributed by atoms with Crippen molar-refractivity contribution in [1.82, 2.24) is 10.6 Å². The predicted molar refractivity (Wildman–Crippen MR) is 72.9 cm³/mol. The van der Waals surface area contributed by atoms with E-state index in [0.29, 0.717) is 11.5 Å². The minimum Gasteiger partial charge on any atom is -0.458 e. The Morgan fingerprint density at radius 3 is 2.50 bits per heavy atom. The molecule has 0 saturated heterocycles. The molecule has 0 aliphatic heterocycles. The molecule has 2 heterocycles. The molecule has 2 amide bonds. The Bertz CT molecular complexity index is 650. The lowest BCUT2D eigenvalue weighted by Crippen LogP contribution is -2.43. The van der Waals surface area contributed by atoms with Gasteiger partial charge in [-0.3, -0.25) is 9.59 Å². The molecule has 2 rings (SSSR count). The quantitative estimate of drug-likeness (QED) is 0.844. The number of carbonyl (C=O) groups is 2. The topological polar surface area (TPSA) is 71.3 Å². The van der Waals surface area contributed by atoms with E-state index in [4.69, 9.17) is 4.42 Å². The van der Waals surface area contributed by atoms with E-state index >= 15 is 0 Å². The molecule has 2 N–H and O–H groups in total. The third kappa shape index (κ3) is 4.62. The van der Waals surface area contributed by atoms with Crippen LogP contribution in [0, 0.1) is 0 Å². The summed E-state index contributed by atoms with van der Waals surface area (Å²) in [4.78, 5) is 23.4. The van der Waals surface area contributed by atoms with Gasteiger partial charge in [-0.25, -0.2) is 0 Å². The summed E-state index contributed by atoms with van der Waals surface area (Å²) in [5.41, 5.74) is 0. The van der Waals surface area contributed by atoms with Gasteiger partial charge in [0.15, 0.2) is 0 Å². The van der Waals surface area contributed by atoms with Crippen molar-refractivity contribution in [1.29, 1.82) is 0 Å². The van der Waals surface area contributed by atoms with Crippen LogP contribution in [0.3, 0.4) is 0 Å². The standard InChI is InChI=1S/C13H11F3N2O3S/c14-13(15,16)7-18-12(20)11(19)17-6-8-3-4-9(21-8)10-2-1-5-22-10/h1-5H,6-7H2,(H,17,19)(H,18,20). The summed E-state index contributed by atoms with van der Waals surface area (Å²) in [5, 5.41) is 5.55. The van der Waals surface area contributed by atoms with Gasteiger partial charge < -0.3 is 15.1 Å². The molecule has 22 heavy (non-hydrogen) atoms. The molecule has 9 heteroatoms.